The number of hydrogen-bond acceptors (Lipinski definition) is 5. The lowest BCUT2D eigenvalue weighted by Crippen LogP contribution is -2.17. The third-order valence-electron chi connectivity index (χ3n) is 4.20. The Hall–Kier alpha value is -2.22. The summed E-state index contributed by atoms with van der Waals surface area (Å²) in [6.45, 7) is 3.76. The summed E-state index contributed by atoms with van der Waals surface area (Å²) in [6.07, 6.45) is 2.45. The first-order valence-corrected chi connectivity index (χ1v) is 9.44. The molecule has 26 heavy (non-hydrogen) atoms. The normalized spacial score (nSPS) is 13.5. The number of aryl methyl sites for hydroxylation is 1. The van der Waals surface area contributed by atoms with Crippen molar-refractivity contribution in [2.24, 2.45) is 0 Å². The van der Waals surface area contributed by atoms with Gasteiger partial charge >= 0.3 is 0 Å². The summed E-state index contributed by atoms with van der Waals surface area (Å²) in [7, 11) is 0. The van der Waals surface area contributed by atoms with Gasteiger partial charge in [0.1, 0.15) is 0 Å². The Labute approximate surface area is 159 Å². The number of carbonyl (C=O) groups is 1. The number of ether oxygens (including phenoxy) is 1. The Morgan fingerprint density at radius 2 is 2.35 bits per heavy atom. The molecule has 0 aliphatic carbocycles. The third kappa shape index (κ3) is 3.51. The molecule has 4 rings (SSSR count). The molecule has 0 spiro atoms. The van der Waals surface area contributed by atoms with Crippen LogP contribution in [0.2, 0.25) is 5.02 Å². The van der Waals surface area contributed by atoms with Crippen LogP contribution in [0.5, 0.6) is 0 Å². The molecule has 6 nitrogen and oxygen atoms in total. The predicted octanol–water partition coefficient (Wildman–Crippen LogP) is 3.67. The molecule has 1 N–H and O–H groups in total. The van der Waals surface area contributed by atoms with Gasteiger partial charge in [0.2, 0.25) is 0 Å². The van der Waals surface area contributed by atoms with Gasteiger partial charge in [-0.05, 0) is 24.1 Å². The number of fused-ring (bicyclic) bond motifs is 1. The smallest absolute Gasteiger partial charge is 0.277 e. The second-order valence-corrected chi connectivity index (χ2v) is 7.60. The van der Waals surface area contributed by atoms with Crippen molar-refractivity contribution in [1.82, 2.24) is 14.8 Å². The Balaban J connectivity index is 1.45. The van der Waals surface area contributed by atoms with E-state index in [1.54, 1.807) is 12.3 Å². The van der Waals surface area contributed by atoms with E-state index < -0.39 is 0 Å². The maximum Gasteiger partial charge on any atom is 0.277 e. The molecule has 1 aromatic carbocycles. The molecule has 2 aromatic heterocycles. The maximum atomic E-state index is 12.4. The lowest BCUT2D eigenvalue weighted by molar-refractivity contribution is 0.0798. The third-order valence-corrected chi connectivity index (χ3v) is 5.66. The van der Waals surface area contributed by atoms with Gasteiger partial charge in [-0.1, -0.05) is 29.8 Å². The first-order chi connectivity index (χ1) is 12.6. The number of aromatic nitrogens is 3. The molecule has 1 aliphatic heterocycles. The highest BCUT2D eigenvalue weighted by Gasteiger charge is 2.18. The highest BCUT2D eigenvalue weighted by atomic mass is 35.5. The minimum Gasteiger partial charge on any atom is -0.373 e. The minimum absolute atomic E-state index is 0.263. The average Bonchev–Trinajstić information content (AvgIpc) is 3.25. The van der Waals surface area contributed by atoms with Gasteiger partial charge in [-0.2, -0.15) is 5.10 Å². The lowest BCUT2D eigenvalue weighted by Gasteiger charge is -2.12. The number of carbonyl (C=O) groups excluding carboxylic acids is 1. The fourth-order valence-corrected chi connectivity index (χ4v) is 3.87. The van der Waals surface area contributed by atoms with Crippen molar-refractivity contribution in [3.8, 4) is 0 Å². The molecule has 0 saturated heterocycles. The maximum absolute atomic E-state index is 12.4. The molecule has 0 unspecified atom stereocenters. The number of benzene rings is 1. The molecule has 134 valence electrons. The zero-order valence-electron chi connectivity index (χ0n) is 14.2. The molecular formula is C18H17ClN4O2S. The summed E-state index contributed by atoms with van der Waals surface area (Å²) in [5, 5.41) is 8.47. The van der Waals surface area contributed by atoms with Crippen molar-refractivity contribution in [3.63, 3.8) is 0 Å². The SMILES string of the molecule is Cc1cccc(Cc2cnc(NC(=O)c3cc4n(n3)CCOC4)s2)c1Cl. The fraction of sp³-hybridized carbons (Fsp3) is 0.278. The van der Waals surface area contributed by atoms with Crippen LogP contribution in [0.3, 0.4) is 0 Å². The second-order valence-electron chi connectivity index (χ2n) is 6.11. The van der Waals surface area contributed by atoms with E-state index in [0.29, 0.717) is 37.0 Å². The number of thiazole rings is 1. The van der Waals surface area contributed by atoms with Gasteiger partial charge in [-0.15, -0.1) is 11.3 Å². The van der Waals surface area contributed by atoms with Crippen LogP contribution in [-0.4, -0.2) is 27.3 Å². The molecule has 3 aromatic rings. The zero-order valence-corrected chi connectivity index (χ0v) is 15.7. The van der Waals surface area contributed by atoms with Gasteiger partial charge in [0.15, 0.2) is 10.8 Å². The van der Waals surface area contributed by atoms with E-state index in [0.717, 1.165) is 26.7 Å². The Bertz CT molecular complexity index is 943. The van der Waals surface area contributed by atoms with Crippen molar-refractivity contribution in [1.29, 1.82) is 0 Å². The number of nitrogens with zero attached hydrogens (tertiary/aromatic N) is 3. The molecule has 3 heterocycles. The fourth-order valence-electron chi connectivity index (χ4n) is 2.84. The van der Waals surface area contributed by atoms with Gasteiger partial charge in [-0.3, -0.25) is 14.8 Å². The van der Waals surface area contributed by atoms with E-state index in [2.05, 4.69) is 15.4 Å². The molecule has 0 saturated carbocycles. The van der Waals surface area contributed by atoms with Crippen molar-refractivity contribution in [2.45, 2.75) is 26.5 Å². The van der Waals surface area contributed by atoms with Gasteiger partial charge in [0, 0.05) is 22.5 Å². The topological polar surface area (TPSA) is 69.0 Å². The van der Waals surface area contributed by atoms with E-state index in [-0.39, 0.29) is 5.91 Å². The van der Waals surface area contributed by atoms with Crippen LogP contribution in [-0.2, 0) is 24.3 Å². The molecule has 0 fully saturated rings. The Kier molecular flexibility index (Phi) is 4.76. The summed E-state index contributed by atoms with van der Waals surface area (Å²) < 4.78 is 7.18. The van der Waals surface area contributed by atoms with Crippen LogP contribution in [0.1, 0.15) is 32.2 Å². The Morgan fingerprint density at radius 3 is 3.19 bits per heavy atom. The highest BCUT2D eigenvalue weighted by molar-refractivity contribution is 7.15. The number of anilines is 1. The Morgan fingerprint density at radius 1 is 1.46 bits per heavy atom. The molecule has 8 heteroatoms. The molecule has 0 atom stereocenters. The predicted molar refractivity (Wildman–Crippen MR) is 101 cm³/mol. The lowest BCUT2D eigenvalue weighted by atomic mass is 10.1. The van der Waals surface area contributed by atoms with Crippen LogP contribution >= 0.6 is 22.9 Å². The highest BCUT2D eigenvalue weighted by Crippen LogP contribution is 2.27. The number of halogens is 1. The summed E-state index contributed by atoms with van der Waals surface area (Å²) in [5.74, 6) is -0.263. The van der Waals surface area contributed by atoms with Crippen molar-refractivity contribution >= 4 is 34.0 Å². The average molecular weight is 389 g/mol. The standard InChI is InChI=1S/C18H17ClN4O2S/c1-11-3-2-4-12(16(11)19)7-14-9-20-18(26-14)21-17(24)15-8-13-10-25-6-5-23(13)22-15/h2-4,8-9H,5-7,10H2,1H3,(H,20,21,24). The van der Waals surface area contributed by atoms with Gasteiger partial charge < -0.3 is 4.74 Å². The number of hydrogen-bond donors (Lipinski definition) is 1. The van der Waals surface area contributed by atoms with Gasteiger partial charge in [-0.25, -0.2) is 4.98 Å². The van der Waals surface area contributed by atoms with Crippen LogP contribution in [0.15, 0.2) is 30.5 Å². The summed E-state index contributed by atoms with van der Waals surface area (Å²) in [4.78, 5) is 17.7. The van der Waals surface area contributed by atoms with Crippen molar-refractivity contribution in [2.75, 3.05) is 11.9 Å². The first-order valence-electron chi connectivity index (χ1n) is 8.24. The second kappa shape index (κ2) is 7.19. The minimum atomic E-state index is -0.263. The number of rotatable bonds is 4. The first kappa shape index (κ1) is 17.2. The van der Waals surface area contributed by atoms with E-state index in [4.69, 9.17) is 16.3 Å². The van der Waals surface area contributed by atoms with E-state index in [9.17, 15) is 4.79 Å². The van der Waals surface area contributed by atoms with Crippen molar-refractivity contribution < 1.29 is 9.53 Å². The quantitative estimate of drug-likeness (QED) is 0.740. The van der Waals surface area contributed by atoms with Gasteiger partial charge in [0.05, 0.1) is 25.5 Å². The summed E-state index contributed by atoms with van der Waals surface area (Å²) in [6, 6.07) is 7.74. The molecular weight excluding hydrogens is 372 g/mol. The molecule has 1 aliphatic rings. The van der Waals surface area contributed by atoms with Crippen LogP contribution < -0.4 is 5.32 Å². The van der Waals surface area contributed by atoms with Crippen LogP contribution in [0.4, 0.5) is 5.13 Å². The number of nitrogens with one attached hydrogen (secondary N) is 1. The van der Waals surface area contributed by atoms with Crippen molar-refractivity contribution in [3.05, 3.63) is 62.9 Å². The molecule has 1 amide bonds. The summed E-state index contributed by atoms with van der Waals surface area (Å²) in [5.41, 5.74) is 3.39. The number of amides is 1. The largest absolute Gasteiger partial charge is 0.373 e. The summed E-state index contributed by atoms with van der Waals surface area (Å²) >= 11 is 7.80. The monoisotopic (exact) mass is 388 g/mol. The van der Waals surface area contributed by atoms with E-state index >= 15 is 0 Å². The zero-order chi connectivity index (χ0) is 18.1. The molecule has 0 bridgehead atoms. The molecule has 0 radical (unpaired) electrons. The van der Waals surface area contributed by atoms with Gasteiger partial charge in [0.25, 0.3) is 5.91 Å². The van der Waals surface area contributed by atoms with Crippen LogP contribution in [0.25, 0.3) is 0 Å². The van der Waals surface area contributed by atoms with E-state index in [1.165, 1.54) is 11.3 Å². The van der Waals surface area contributed by atoms with Crippen LogP contribution in [0, 0.1) is 6.92 Å². The van der Waals surface area contributed by atoms with E-state index in [1.807, 2.05) is 29.8 Å².